The van der Waals surface area contributed by atoms with E-state index in [0.29, 0.717) is 17.8 Å². The van der Waals surface area contributed by atoms with Crippen LogP contribution in [0.4, 0.5) is 0 Å². The van der Waals surface area contributed by atoms with E-state index in [0.717, 1.165) is 51.4 Å². The van der Waals surface area contributed by atoms with Gasteiger partial charge in [-0.2, -0.15) is 88.4 Å². The van der Waals surface area contributed by atoms with Gasteiger partial charge in [-0.15, -0.1) is 0 Å². The van der Waals surface area contributed by atoms with Gasteiger partial charge in [0, 0.05) is 23.7 Å². The van der Waals surface area contributed by atoms with Gasteiger partial charge in [0.25, 0.3) is 0 Å². The molecule has 0 bridgehead atoms. The van der Waals surface area contributed by atoms with Crippen molar-refractivity contribution in [3.63, 3.8) is 0 Å². The molecule has 0 N–H and O–H groups in total. The van der Waals surface area contributed by atoms with Crippen molar-refractivity contribution in [2.75, 3.05) is 0 Å². The molecule has 0 saturated heterocycles. The molecule has 4 saturated carbocycles. The highest BCUT2D eigenvalue weighted by molar-refractivity contribution is 8.00. The molecule has 0 radical (unpaired) electrons. The van der Waals surface area contributed by atoms with Crippen LogP contribution < -0.4 is 0 Å². The summed E-state index contributed by atoms with van der Waals surface area (Å²) in [4.78, 5) is 0. The maximum absolute atomic E-state index is 5.58. The molecule has 5 aliphatic rings. The van der Waals surface area contributed by atoms with E-state index in [-0.39, 0.29) is 27.8 Å². The highest BCUT2D eigenvalue weighted by atomic mass is 32.2. The maximum atomic E-state index is 5.58. The molecule has 30 heavy (non-hydrogen) atoms. The summed E-state index contributed by atoms with van der Waals surface area (Å²) in [5.74, 6) is 1.35. The van der Waals surface area contributed by atoms with Crippen LogP contribution in [0.3, 0.4) is 0 Å². The first kappa shape index (κ1) is 23.9. The van der Waals surface area contributed by atoms with Crippen LogP contribution in [0, 0.1) is 17.8 Å². The zero-order chi connectivity index (χ0) is 21.8. The van der Waals surface area contributed by atoms with E-state index in [1.165, 1.54) is 24.8 Å². The van der Waals surface area contributed by atoms with Crippen molar-refractivity contribution < 1.29 is 0 Å². The van der Waals surface area contributed by atoms with Crippen LogP contribution in [0.1, 0.15) is 77.6 Å². The van der Waals surface area contributed by atoms with E-state index in [4.69, 9.17) is 88.4 Å². The van der Waals surface area contributed by atoms with Gasteiger partial charge in [-0.25, -0.2) is 0 Å². The summed E-state index contributed by atoms with van der Waals surface area (Å²) in [6, 6.07) is 0. The number of hydrogen-bond acceptors (Lipinski definition) is 7. The molecule has 0 aromatic rings. The molecule has 0 nitrogen and oxygen atoms in total. The molecule has 0 aromatic carbocycles. The van der Waals surface area contributed by atoms with Crippen LogP contribution in [0.2, 0.25) is 0 Å². The summed E-state index contributed by atoms with van der Waals surface area (Å²) in [7, 11) is 0. The van der Waals surface area contributed by atoms with E-state index < -0.39 is 0 Å². The summed E-state index contributed by atoms with van der Waals surface area (Å²) < 4.78 is -0.446. The van der Waals surface area contributed by atoms with Crippen LogP contribution in [0.15, 0.2) is 11.6 Å². The predicted octanol–water partition coefficient (Wildman–Crippen LogP) is 7.04. The third kappa shape index (κ3) is 3.23. The quantitative estimate of drug-likeness (QED) is 0.0964. The number of allylic oxidation sites excluding steroid dienone is 1. The monoisotopic (exact) mass is 536 g/mol. The Kier molecular flexibility index (Phi) is 5.86. The maximum Gasteiger partial charge on any atom is 0.0558 e. The van der Waals surface area contributed by atoms with E-state index in [9.17, 15) is 0 Å². The van der Waals surface area contributed by atoms with Gasteiger partial charge in [0.05, 0.1) is 4.08 Å². The average molecular weight is 537 g/mol. The zero-order valence-corrected chi connectivity index (χ0v) is 24.0. The van der Waals surface area contributed by atoms with Gasteiger partial charge in [-0.1, -0.05) is 25.0 Å². The second kappa shape index (κ2) is 7.35. The van der Waals surface area contributed by atoms with Crippen molar-refractivity contribution in [2.24, 2.45) is 17.8 Å². The summed E-state index contributed by atoms with van der Waals surface area (Å²) in [5.41, 5.74) is 1.49. The topological polar surface area (TPSA) is 0 Å². The van der Waals surface area contributed by atoms with Gasteiger partial charge < -0.3 is 0 Å². The molecular weight excluding hydrogens is 501 g/mol. The van der Waals surface area contributed by atoms with Crippen LogP contribution in [0.5, 0.6) is 0 Å². The van der Waals surface area contributed by atoms with Gasteiger partial charge in [0.15, 0.2) is 0 Å². The second-order valence-corrected chi connectivity index (χ2v) is 17.7. The first-order chi connectivity index (χ1) is 13.8. The minimum absolute atomic E-state index is 0.00851. The smallest absolute Gasteiger partial charge is 0.0558 e. The van der Waals surface area contributed by atoms with Gasteiger partial charge in [-0.3, -0.25) is 0 Å². The second-order valence-electron chi connectivity index (χ2n) is 11.4. The fourth-order valence-corrected chi connectivity index (χ4v) is 12.2. The van der Waals surface area contributed by atoms with Crippen molar-refractivity contribution in [1.82, 2.24) is 0 Å². The van der Waals surface area contributed by atoms with Crippen LogP contribution in [0.25, 0.3) is 0 Å². The summed E-state index contributed by atoms with van der Waals surface area (Å²) >= 11 is 36.9. The molecule has 0 aromatic heterocycles. The Morgan fingerprint density at radius 2 is 1.50 bits per heavy atom. The Balaban J connectivity index is 1.58. The first-order valence-electron chi connectivity index (χ1n) is 11.5. The molecule has 0 spiro atoms. The number of thiol groups is 7. The number of fused-ring (bicyclic) bond motifs is 7. The fraction of sp³-hybridized carbons (Fsp3) is 0.913. The average Bonchev–Trinajstić information content (AvgIpc) is 2.63. The Bertz CT molecular complexity index is 778. The summed E-state index contributed by atoms with van der Waals surface area (Å²) in [6.45, 7) is 2.34. The van der Waals surface area contributed by atoms with Gasteiger partial charge in [-0.05, 0) is 82.0 Å². The normalized spacial score (nSPS) is 57.3. The Morgan fingerprint density at radius 3 is 2.23 bits per heavy atom. The highest BCUT2D eigenvalue weighted by Crippen LogP contribution is 2.71. The minimum atomic E-state index is -0.218. The van der Waals surface area contributed by atoms with E-state index in [2.05, 4.69) is 13.0 Å². The Labute approximate surface area is 221 Å². The van der Waals surface area contributed by atoms with Crippen LogP contribution in [-0.4, -0.2) is 27.8 Å². The van der Waals surface area contributed by atoms with Crippen molar-refractivity contribution in [1.29, 1.82) is 0 Å². The highest BCUT2D eigenvalue weighted by Gasteiger charge is 2.69. The van der Waals surface area contributed by atoms with Crippen molar-refractivity contribution in [3.05, 3.63) is 11.6 Å². The third-order valence-corrected chi connectivity index (χ3v) is 14.7. The summed E-state index contributed by atoms with van der Waals surface area (Å²) in [5, 5.41) is 0. The third-order valence-electron chi connectivity index (χ3n) is 9.81. The van der Waals surface area contributed by atoms with Crippen LogP contribution in [-0.2, 0) is 0 Å². The lowest BCUT2D eigenvalue weighted by atomic mass is 9.48. The molecule has 170 valence electrons. The van der Waals surface area contributed by atoms with Crippen molar-refractivity contribution in [3.8, 4) is 0 Å². The van der Waals surface area contributed by atoms with Crippen LogP contribution >= 0.6 is 88.4 Å². The molecule has 8 unspecified atom stereocenters. The molecule has 8 atom stereocenters. The standard InChI is InChI=1S/C23H36S7/c1-18(24)6-2-7-21(28)16(18)5-8-23(30)17(21)4-3-14-15-13-20(26,27)11-9-19(15,25)10-12-22(14,23)29/h3,15-17,24-30H,2,4-13H2,1H3. The fourth-order valence-electron chi connectivity index (χ4n) is 8.20. The minimum Gasteiger partial charge on any atom is -0.172 e. The molecular formula is C23H36S7. The zero-order valence-electron chi connectivity index (χ0n) is 17.7. The lowest BCUT2D eigenvalue weighted by Crippen LogP contribution is -2.70. The molecule has 5 aliphatic carbocycles. The molecule has 0 heterocycles. The number of hydrogen-bond donors (Lipinski definition) is 7. The first-order valence-corrected chi connectivity index (χ1v) is 14.7. The SMILES string of the molecule is CC1(S)CCCC2(S)C1CCC1(S)C2CC=C2C3CC(S)(S)CCC3(S)CCC21S. The van der Waals surface area contributed by atoms with Gasteiger partial charge in [0.2, 0.25) is 0 Å². The largest absolute Gasteiger partial charge is 0.172 e. The molecule has 5 rings (SSSR count). The predicted molar refractivity (Wildman–Crippen MR) is 154 cm³/mol. The van der Waals surface area contributed by atoms with Crippen molar-refractivity contribution >= 4 is 88.4 Å². The molecule has 7 heteroatoms. The van der Waals surface area contributed by atoms with Crippen molar-refractivity contribution in [2.45, 2.75) is 105 Å². The van der Waals surface area contributed by atoms with E-state index in [1.807, 2.05) is 0 Å². The van der Waals surface area contributed by atoms with E-state index in [1.54, 1.807) is 0 Å². The Hall–Kier alpha value is 2.19. The lowest BCUT2D eigenvalue weighted by molar-refractivity contribution is 0.0547. The molecule has 0 amide bonds. The lowest BCUT2D eigenvalue weighted by Gasteiger charge is -2.69. The Morgan fingerprint density at radius 1 is 0.800 bits per heavy atom. The van der Waals surface area contributed by atoms with E-state index >= 15 is 0 Å². The van der Waals surface area contributed by atoms with Gasteiger partial charge in [0.1, 0.15) is 0 Å². The molecule has 4 fully saturated rings. The number of rotatable bonds is 0. The van der Waals surface area contributed by atoms with Gasteiger partial charge >= 0.3 is 0 Å². The molecule has 0 aliphatic heterocycles. The summed E-state index contributed by atoms with van der Waals surface area (Å²) in [6.07, 6.45) is 14.6.